The van der Waals surface area contributed by atoms with Gasteiger partial charge in [-0.2, -0.15) is 0 Å². The lowest BCUT2D eigenvalue weighted by atomic mass is 9.99. The molecule has 1 saturated carbocycles. The summed E-state index contributed by atoms with van der Waals surface area (Å²) in [5, 5.41) is 7.85. The maximum atomic E-state index is 12.2. The highest BCUT2D eigenvalue weighted by Gasteiger charge is 2.20. The summed E-state index contributed by atoms with van der Waals surface area (Å²) in [5.41, 5.74) is 0.488. The van der Waals surface area contributed by atoms with Gasteiger partial charge >= 0.3 is 0 Å². The molecule has 1 aliphatic carbocycles. The summed E-state index contributed by atoms with van der Waals surface area (Å²) in [7, 11) is -3.85. The summed E-state index contributed by atoms with van der Waals surface area (Å²) in [6, 6.07) is 4.22. The van der Waals surface area contributed by atoms with Gasteiger partial charge in [0.05, 0.1) is 5.02 Å². The number of primary sulfonamides is 1. The van der Waals surface area contributed by atoms with Gasteiger partial charge in [0.1, 0.15) is 4.90 Å². The number of nitrogens with one attached hydrogen (secondary N) is 1. The molecule has 21 heavy (non-hydrogen) atoms. The first-order valence-corrected chi connectivity index (χ1v) is 8.93. The molecule has 2 rings (SSSR count). The summed E-state index contributed by atoms with van der Waals surface area (Å²) in [4.78, 5) is 12.1. The van der Waals surface area contributed by atoms with Gasteiger partial charge in [0.2, 0.25) is 15.9 Å². The minimum Gasteiger partial charge on any atom is -0.326 e. The third-order valence-corrected chi connectivity index (χ3v) is 5.13. The number of anilines is 1. The summed E-state index contributed by atoms with van der Waals surface area (Å²) in [6.07, 6.45) is 6.30. The van der Waals surface area contributed by atoms with Gasteiger partial charge < -0.3 is 5.32 Å². The van der Waals surface area contributed by atoms with E-state index in [2.05, 4.69) is 5.32 Å². The Morgan fingerprint density at radius 2 is 1.81 bits per heavy atom. The fraction of sp³-hybridized carbons (Fsp3) is 0.500. The van der Waals surface area contributed by atoms with E-state index in [1.165, 1.54) is 31.0 Å². The van der Waals surface area contributed by atoms with Gasteiger partial charge in [0, 0.05) is 11.6 Å². The first-order chi connectivity index (χ1) is 9.88. The number of hydrogen-bond donors (Lipinski definition) is 2. The molecule has 1 amide bonds. The first-order valence-electron chi connectivity index (χ1n) is 7.01. The molecule has 3 N–H and O–H groups in total. The minimum atomic E-state index is -3.85. The third kappa shape index (κ3) is 4.43. The number of sulfonamides is 1. The topological polar surface area (TPSA) is 89.3 Å². The highest BCUT2D eigenvalue weighted by atomic mass is 35.5. The lowest BCUT2D eigenvalue weighted by Gasteiger charge is -2.14. The summed E-state index contributed by atoms with van der Waals surface area (Å²) >= 11 is 5.90. The molecule has 0 saturated heterocycles. The van der Waals surface area contributed by atoms with E-state index >= 15 is 0 Å². The predicted molar refractivity (Wildman–Crippen MR) is 82.6 cm³/mol. The maximum absolute atomic E-state index is 12.2. The van der Waals surface area contributed by atoms with E-state index in [0.29, 0.717) is 5.69 Å². The Balaban J connectivity index is 2.09. The molecule has 0 radical (unpaired) electrons. The van der Waals surface area contributed by atoms with Crippen molar-refractivity contribution in [2.45, 2.75) is 43.4 Å². The second-order valence-electron chi connectivity index (χ2n) is 5.37. The normalized spacial score (nSPS) is 17.2. The number of carbonyl (C=O) groups is 1. The zero-order chi connectivity index (χ0) is 15.5. The molecule has 0 aliphatic heterocycles. The number of hydrogen-bond acceptors (Lipinski definition) is 3. The lowest BCUT2D eigenvalue weighted by molar-refractivity contribution is -0.120. The van der Waals surface area contributed by atoms with Gasteiger partial charge in [-0.25, -0.2) is 13.6 Å². The molecule has 0 aromatic heterocycles. The Hall–Kier alpha value is -1.11. The van der Waals surface area contributed by atoms with Crippen LogP contribution in [-0.2, 0) is 14.8 Å². The predicted octanol–water partition coefficient (Wildman–Crippen LogP) is 2.90. The number of carbonyl (C=O) groups excluding carboxylic acids is 1. The average molecular weight is 331 g/mol. The lowest BCUT2D eigenvalue weighted by Crippen LogP contribution is -2.22. The molecular weight excluding hydrogens is 312 g/mol. The van der Waals surface area contributed by atoms with Crippen molar-refractivity contribution >= 4 is 33.2 Å². The molecule has 1 aromatic rings. The van der Waals surface area contributed by atoms with E-state index in [-0.39, 0.29) is 21.7 Å². The first kappa shape index (κ1) is 16.3. The molecule has 0 atom stereocenters. The van der Waals surface area contributed by atoms with E-state index in [9.17, 15) is 13.2 Å². The van der Waals surface area contributed by atoms with Crippen molar-refractivity contribution in [3.05, 3.63) is 23.2 Å². The van der Waals surface area contributed by atoms with Crippen LogP contribution >= 0.6 is 11.6 Å². The van der Waals surface area contributed by atoms with E-state index in [0.717, 1.165) is 25.7 Å². The molecule has 116 valence electrons. The van der Waals surface area contributed by atoms with E-state index in [1.807, 2.05) is 0 Å². The highest BCUT2D eigenvalue weighted by Crippen LogP contribution is 2.27. The van der Waals surface area contributed by atoms with Crippen molar-refractivity contribution in [3.63, 3.8) is 0 Å². The largest absolute Gasteiger partial charge is 0.326 e. The summed E-state index contributed by atoms with van der Waals surface area (Å²) in [6.45, 7) is 0. The van der Waals surface area contributed by atoms with Crippen molar-refractivity contribution in [1.82, 2.24) is 0 Å². The van der Waals surface area contributed by atoms with Gasteiger partial charge in [-0.1, -0.05) is 37.3 Å². The van der Waals surface area contributed by atoms with E-state index < -0.39 is 10.0 Å². The van der Waals surface area contributed by atoms with Gasteiger partial charge in [-0.05, 0) is 31.0 Å². The van der Waals surface area contributed by atoms with Crippen molar-refractivity contribution in [2.75, 3.05) is 5.32 Å². The third-order valence-electron chi connectivity index (χ3n) is 3.73. The standard InChI is InChI=1S/C14H19ClN2O3S/c15-12-9-11(7-8-13(12)21(16,19)20)17-14(18)10-5-3-1-2-4-6-10/h7-10H,1-6H2,(H,17,18)(H2,16,19,20). The average Bonchev–Trinajstić information content (AvgIpc) is 2.66. The molecule has 0 heterocycles. The quantitative estimate of drug-likeness (QED) is 0.835. The van der Waals surface area contributed by atoms with Gasteiger partial charge in [0.25, 0.3) is 0 Å². The van der Waals surface area contributed by atoms with Crippen LogP contribution in [-0.4, -0.2) is 14.3 Å². The fourth-order valence-corrected chi connectivity index (χ4v) is 3.69. The number of halogens is 1. The highest BCUT2D eigenvalue weighted by molar-refractivity contribution is 7.89. The Morgan fingerprint density at radius 3 is 2.33 bits per heavy atom. The molecule has 1 fully saturated rings. The second kappa shape index (κ2) is 6.77. The Bertz CT molecular complexity index is 623. The zero-order valence-corrected chi connectivity index (χ0v) is 13.2. The molecule has 5 nitrogen and oxygen atoms in total. The van der Waals surface area contributed by atoms with Crippen LogP contribution in [0.1, 0.15) is 38.5 Å². The summed E-state index contributed by atoms with van der Waals surface area (Å²) in [5.74, 6) is -0.0134. The van der Waals surface area contributed by atoms with Crippen LogP contribution in [0.2, 0.25) is 5.02 Å². The monoisotopic (exact) mass is 330 g/mol. The molecular formula is C14H19ClN2O3S. The zero-order valence-electron chi connectivity index (χ0n) is 11.6. The number of nitrogens with two attached hydrogens (primary N) is 1. The summed E-state index contributed by atoms with van der Waals surface area (Å²) < 4.78 is 22.6. The van der Waals surface area contributed by atoms with Crippen molar-refractivity contribution in [3.8, 4) is 0 Å². The van der Waals surface area contributed by atoms with E-state index in [1.54, 1.807) is 0 Å². The van der Waals surface area contributed by atoms with Crippen molar-refractivity contribution < 1.29 is 13.2 Å². The van der Waals surface area contributed by atoms with Crippen LogP contribution in [0.15, 0.2) is 23.1 Å². The van der Waals surface area contributed by atoms with Gasteiger partial charge in [-0.15, -0.1) is 0 Å². The van der Waals surface area contributed by atoms with Crippen molar-refractivity contribution in [2.24, 2.45) is 11.1 Å². The number of rotatable bonds is 3. The van der Waals surface area contributed by atoms with Gasteiger partial charge in [0.15, 0.2) is 0 Å². The van der Waals surface area contributed by atoms with Gasteiger partial charge in [-0.3, -0.25) is 4.79 Å². The SMILES string of the molecule is NS(=O)(=O)c1ccc(NC(=O)C2CCCCCC2)cc1Cl. The molecule has 0 spiro atoms. The van der Waals surface area contributed by atoms with Crippen LogP contribution < -0.4 is 10.5 Å². The van der Waals surface area contributed by atoms with Crippen molar-refractivity contribution in [1.29, 1.82) is 0 Å². The Labute approximate surface area is 129 Å². The number of benzene rings is 1. The molecule has 1 aliphatic rings. The minimum absolute atomic E-state index is 0.0103. The smallest absolute Gasteiger partial charge is 0.239 e. The Kier molecular flexibility index (Phi) is 5.24. The maximum Gasteiger partial charge on any atom is 0.239 e. The molecule has 7 heteroatoms. The van der Waals surface area contributed by atoms with Crippen LogP contribution in [0.25, 0.3) is 0 Å². The van der Waals surface area contributed by atoms with Crippen LogP contribution in [0.4, 0.5) is 5.69 Å². The second-order valence-corrected chi connectivity index (χ2v) is 7.30. The fourth-order valence-electron chi connectivity index (χ4n) is 2.60. The van der Waals surface area contributed by atoms with Crippen LogP contribution in [0, 0.1) is 5.92 Å². The van der Waals surface area contributed by atoms with Crippen LogP contribution in [0.3, 0.4) is 0 Å². The Morgan fingerprint density at radius 1 is 1.19 bits per heavy atom. The molecule has 0 unspecified atom stereocenters. The van der Waals surface area contributed by atoms with E-state index in [4.69, 9.17) is 16.7 Å². The number of amides is 1. The molecule has 1 aromatic carbocycles. The molecule has 0 bridgehead atoms. The van der Waals surface area contributed by atoms with Crippen LogP contribution in [0.5, 0.6) is 0 Å².